The monoisotopic (exact) mass is 403 g/mol. The minimum Gasteiger partial charge on any atom is -0.405 e. The van der Waals surface area contributed by atoms with E-state index in [0.717, 1.165) is 25.1 Å². The van der Waals surface area contributed by atoms with Gasteiger partial charge in [-0.25, -0.2) is 0 Å². The van der Waals surface area contributed by atoms with Crippen molar-refractivity contribution in [3.63, 3.8) is 0 Å². The smallest absolute Gasteiger partial charge is 0.150 e. The second-order valence-corrected chi connectivity index (χ2v) is 8.80. The maximum atomic E-state index is 6.57. The molecule has 2 aromatic carbocycles. The van der Waals surface area contributed by atoms with Crippen molar-refractivity contribution in [3.05, 3.63) is 65.2 Å². The molecule has 0 N–H and O–H groups in total. The molecular weight excluding hydrogens is 366 g/mol. The molecule has 0 saturated carbocycles. The molecule has 0 aromatic heterocycles. The first-order valence-electron chi connectivity index (χ1n) is 10.4. The number of hydrogen-bond donors (Lipinski definition) is 0. The van der Waals surface area contributed by atoms with Crippen LogP contribution >= 0.6 is 12.4 Å². The van der Waals surface area contributed by atoms with Gasteiger partial charge in [0.05, 0.1) is 5.54 Å². The lowest BCUT2D eigenvalue weighted by Gasteiger charge is -2.38. The van der Waals surface area contributed by atoms with Crippen LogP contribution in [0.3, 0.4) is 0 Å². The molecule has 0 heterocycles. The van der Waals surface area contributed by atoms with Crippen molar-refractivity contribution in [1.82, 2.24) is 5.06 Å². The van der Waals surface area contributed by atoms with Gasteiger partial charge < -0.3 is 4.84 Å². The van der Waals surface area contributed by atoms with E-state index in [1.54, 1.807) is 0 Å². The van der Waals surface area contributed by atoms with Crippen LogP contribution in [0.1, 0.15) is 65.2 Å². The fraction of sp³-hybridized carbons (Fsp3) is 0.520. The maximum Gasteiger partial charge on any atom is 0.150 e. The summed E-state index contributed by atoms with van der Waals surface area (Å²) < 4.78 is 0. The van der Waals surface area contributed by atoms with Crippen LogP contribution in [0.2, 0.25) is 0 Å². The Kier molecular flexibility index (Phi) is 9.53. The Labute approximate surface area is 178 Å². The molecule has 0 amide bonds. The first kappa shape index (κ1) is 24.5. The molecule has 28 heavy (non-hydrogen) atoms. The molecule has 2 aromatic rings. The zero-order chi connectivity index (χ0) is 20.0. The highest BCUT2D eigenvalue weighted by atomic mass is 35.5. The third-order valence-corrected chi connectivity index (χ3v) is 5.07. The molecule has 0 aliphatic heterocycles. The lowest BCUT2D eigenvalue weighted by molar-refractivity contribution is -0.133. The van der Waals surface area contributed by atoms with E-state index in [1.807, 2.05) is 0 Å². The largest absolute Gasteiger partial charge is 0.405 e. The van der Waals surface area contributed by atoms with Crippen molar-refractivity contribution in [1.29, 1.82) is 0 Å². The van der Waals surface area contributed by atoms with Crippen molar-refractivity contribution >= 4 is 12.4 Å². The van der Waals surface area contributed by atoms with Crippen molar-refractivity contribution < 1.29 is 4.84 Å². The van der Waals surface area contributed by atoms with Gasteiger partial charge in [-0.1, -0.05) is 70.2 Å². The molecule has 0 saturated heterocycles. The van der Waals surface area contributed by atoms with Gasteiger partial charge in [-0.05, 0) is 62.6 Å². The van der Waals surface area contributed by atoms with Gasteiger partial charge >= 0.3 is 0 Å². The summed E-state index contributed by atoms with van der Waals surface area (Å²) in [5.74, 6) is 2.24. The average Bonchev–Trinajstić information content (AvgIpc) is 2.61. The Balaban J connectivity index is 0.00000392. The summed E-state index contributed by atoms with van der Waals surface area (Å²) in [6.07, 6.45) is 2.13. The molecule has 2 rings (SSSR count). The number of hydroxylamine groups is 2. The quantitative estimate of drug-likeness (QED) is 0.415. The fourth-order valence-corrected chi connectivity index (χ4v) is 3.65. The second-order valence-electron chi connectivity index (χ2n) is 8.80. The summed E-state index contributed by atoms with van der Waals surface area (Å²) in [6, 6.07) is 17.1. The van der Waals surface area contributed by atoms with E-state index in [-0.39, 0.29) is 17.9 Å². The number of hydrogen-bond acceptors (Lipinski definition) is 2. The predicted molar refractivity (Wildman–Crippen MR) is 123 cm³/mol. The van der Waals surface area contributed by atoms with Crippen molar-refractivity contribution in [3.8, 4) is 5.75 Å². The fourth-order valence-electron chi connectivity index (χ4n) is 3.65. The van der Waals surface area contributed by atoms with E-state index in [9.17, 15) is 0 Å². The minimum atomic E-state index is -0.209. The first-order valence-corrected chi connectivity index (χ1v) is 10.4. The normalized spacial score (nSPS) is 11.8. The highest BCUT2D eigenvalue weighted by Gasteiger charge is 2.30. The number of benzene rings is 2. The molecule has 0 fully saturated rings. The first-order chi connectivity index (χ1) is 12.8. The summed E-state index contributed by atoms with van der Waals surface area (Å²) in [6.45, 7) is 16.6. The summed E-state index contributed by atoms with van der Waals surface area (Å²) in [5, 5.41) is 2.11. The summed E-state index contributed by atoms with van der Waals surface area (Å²) in [5.41, 5.74) is 3.84. The van der Waals surface area contributed by atoms with Crippen LogP contribution in [0.15, 0.2) is 48.5 Å². The maximum absolute atomic E-state index is 6.57. The molecule has 0 radical (unpaired) electrons. The van der Waals surface area contributed by atoms with Crippen molar-refractivity contribution in [2.75, 3.05) is 6.54 Å². The van der Waals surface area contributed by atoms with E-state index in [0.29, 0.717) is 11.8 Å². The SMILES string of the molecule is CCN(Oc1cccc(CC(C)C)c1CC(C)C)C(C)(C)c1ccccc1.Cl. The van der Waals surface area contributed by atoms with E-state index in [4.69, 9.17) is 4.84 Å². The number of rotatable bonds is 9. The van der Waals surface area contributed by atoms with Crippen LogP contribution in [0.5, 0.6) is 5.75 Å². The number of nitrogens with zero attached hydrogens (tertiary/aromatic N) is 1. The van der Waals surface area contributed by atoms with Crippen LogP contribution in [-0.2, 0) is 18.4 Å². The molecular formula is C25H38ClNO. The van der Waals surface area contributed by atoms with Crippen molar-refractivity contribution in [2.24, 2.45) is 11.8 Å². The zero-order valence-electron chi connectivity index (χ0n) is 18.7. The predicted octanol–water partition coefficient (Wildman–Crippen LogP) is 7.06. The molecule has 156 valence electrons. The topological polar surface area (TPSA) is 12.5 Å². The van der Waals surface area contributed by atoms with Crippen LogP contribution in [0, 0.1) is 11.8 Å². The van der Waals surface area contributed by atoms with Gasteiger partial charge in [0.25, 0.3) is 0 Å². The Hall–Kier alpha value is -1.51. The molecule has 0 unspecified atom stereocenters. The molecule has 2 nitrogen and oxygen atoms in total. The Bertz CT molecular complexity index is 710. The third kappa shape index (κ3) is 6.25. The molecule has 0 bridgehead atoms. The van der Waals surface area contributed by atoms with E-state index >= 15 is 0 Å². The van der Waals surface area contributed by atoms with Gasteiger partial charge in [-0.15, -0.1) is 17.5 Å². The highest BCUT2D eigenvalue weighted by molar-refractivity contribution is 5.85. The molecule has 0 aliphatic rings. The molecule has 0 spiro atoms. The minimum absolute atomic E-state index is 0. The standard InChI is InChI=1S/C25H37NO.ClH/c1-8-26(25(6,7)22-14-10-9-11-15-22)27-24-16-12-13-21(17-19(2)3)23(24)18-20(4)5;/h9-16,19-20H,8,17-18H2,1-7H3;1H. The van der Waals surface area contributed by atoms with Crippen LogP contribution in [0.4, 0.5) is 0 Å². The Morgan fingerprint density at radius 2 is 1.46 bits per heavy atom. The lowest BCUT2D eigenvalue weighted by Crippen LogP contribution is -2.44. The lowest BCUT2D eigenvalue weighted by atomic mass is 9.92. The summed E-state index contributed by atoms with van der Waals surface area (Å²) in [7, 11) is 0. The summed E-state index contributed by atoms with van der Waals surface area (Å²) in [4.78, 5) is 6.57. The van der Waals surface area contributed by atoms with Crippen LogP contribution < -0.4 is 4.84 Å². The van der Waals surface area contributed by atoms with Gasteiger partial charge in [0.1, 0.15) is 0 Å². The van der Waals surface area contributed by atoms with E-state index in [2.05, 4.69) is 102 Å². The second kappa shape index (κ2) is 10.9. The highest BCUT2D eigenvalue weighted by Crippen LogP contribution is 2.33. The van der Waals surface area contributed by atoms with E-state index in [1.165, 1.54) is 16.7 Å². The molecule has 0 aliphatic carbocycles. The third-order valence-electron chi connectivity index (χ3n) is 5.07. The zero-order valence-corrected chi connectivity index (χ0v) is 19.5. The summed E-state index contributed by atoms with van der Waals surface area (Å²) >= 11 is 0. The van der Waals surface area contributed by atoms with Gasteiger partial charge in [0.15, 0.2) is 5.75 Å². The van der Waals surface area contributed by atoms with Crippen LogP contribution in [-0.4, -0.2) is 11.6 Å². The molecule has 0 atom stereocenters. The Morgan fingerprint density at radius 3 is 2.00 bits per heavy atom. The Morgan fingerprint density at radius 1 is 0.857 bits per heavy atom. The van der Waals surface area contributed by atoms with Crippen LogP contribution in [0.25, 0.3) is 0 Å². The van der Waals surface area contributed by atoms with E-state index < -0.39 is 0 Å². The van der Waals surface area contributed by atoms with Gasteiger partial charge in [-0.2, -0.15) is 0 Å². The van der Waals surface area contributed by atoms with Gasteiger partial charge in [0.2, 0.25) is 0 Å². The van der Waals surface area contributed by atoms with Gasteiger partial charge in [0, 0.05) is 12.1 Å². The van der Waals surface area contributed by atoms with Gasteiger partial charge in [-0.3, -0.25) is 0 Å². The molecule has 3 heteroatoms. The van der Waals surface area contributed by atoms with Crippen molar-refractivity contribution in [2.45, 2.75) is 66.8 Å². The average molecular weight is 404 g/mol. The number of halogens is 1.